The molecule has 0 saturated carbocycles. The molecule has 0 fully saturated rings. The number of sulfonamides is 2. The molecule has 0 bridgehead atoms. The first-order valence-corrected chi connectivity index (χ1v) is 8.78. The number of hydrogen-bond acceptors (Lipinski definition) is 5. The Balaban J connectivity index is 3.11. The molecular weight excluding hydrogens is 302 g/mol. The van der Waals surface area contributed by atoms with Gasteiger partial charge in [-0.2, -0.15) is 0 Å². The maximum absolute atomic E-state index is 12.1. The van der Waals surface area contributed by atoms with E-state index in [1.807, 2.05) is 0 Å². The monoisotopic (exact) mass is 321 g/mol. The minimum atomic E-state index is -3.74. The number of rotatable bonds is 6. The number of benzene rings is 1. The summed E-state index contributed by atoms with van der Waals surface area (Å²) in [5, 5.41) is 0. The lowest BCUT2D eigenvalue weighted by molar-refractivity contribution is 0.462. The van der Waals surface area contributed by atoms with Crippen LogP contribution in [0, 0.1) is 0 Å². The Kier molecular flexibility index (Phi) is 4.93. The van der Waals surface area contributed by atoms with Crippen LogP contribution in [0.3, 0.4) is 0 Å². The molecule has 0 radical (unpaired) electrons. The van der Waals surface area contributed by atoms with Crippen LogP contribution < -0.4 is 15.2 Å². The molecule has 20 heavy (non-hydrogen) atoms. The van der Waals surface area contributed by atoms with E-state index >= 15 is 0 Å². The fraction of sp³-hybridized carbons (Fsp3) is 0.455. The highest BCUT2D eigenvalue weighted by Crippen LogP contribution is 2.16. The van der Waals surface area contributed by atoms with Gasteiger partial charge in [0.1, 0.15) is 0 Å². The highest BCUT2D eigenvalue weighted by molar-refractivity contribution is 7.90. The molecular formula is C11H19N3O4S2. The van der Waals surface area contributed by atoms with Crippen LogP contribution in [0.1, 0.15) is 13.8 Å². The van der Waals surface area contributed by atoms with E-state index in [1.54, 1.807) is 13.8 Å². The van der Waals surface area contributed by atoms with E-state index in [2.05, 4.69) is 9.44 Å². The molecule has 9 heteroatoms. The highest BCUT2D eigenvalue weighted by atomic mass is 32.2. The number of hydrogen-bond donors (Lipinski definition) is 3. The normalized spacial score (nSPS) is 13.4. The van der Waals surface area contributed by atoms with E-state index in [1.165, 1.54) is 31.3 Å². The second-order valence-electron chi connectivity index (χ2n) is 4.87. The van der Waals surface area contributed by atoms with Crippen molar-refractivity contribution in [2.45, 2.75) is 29.2 Å². The molecule has 0 spiro atoms. The van der Waals surface area contributed by atoms with Gasteiger partial charge in [-0.3, -0.25) is 0 Å². The minimum Gasteiger partial charge on any atom is -0.329 e. The van der Waals surface area contributed by atoms with Gasteiger partial charge >= 0.3 is 0 Å². The molecule has 0 aliphatic carbocycles. The SMILES string of the molecule is CNS(=O)(=O)c1ccc(S(=O)(=O)NC(C)(C)CN)cc1. The van der Waals surface area contributed by atoms with Crippen LogP contribution >= 0.6 is 0 Å². The van der Waals surface area contributed by atoms with Gasteiger partial charge in [-0.25, -0.2) is 26.3 Å². The van der Waals surface area contributed by atoms with E-state index < -0.39 is 25.6 Å². The van der Waals surface area contributed by atoms with Crippen molar-refractivity contribution in [3.05, 3.63) is 24.3 Å². The fourth-order valence-electron chi connectivity index (χ4n) is 1.38. The quantitative estimate of drug-likeness (QED) is 0.659. The maximum atomic E-state index is 12.1. The topological polar surface area (TPSA) is 118 Å². The zero-order chi connectivity index (χ0) is 15.6. The van der Waals surface area contributed by atoms with Gasteiger partial charge in [0.25, 0.3) is 0 Å². The summed E-state index contributed by atoms with van der Waals surface area (Å²) < 4.78 is 51.9. The van der Waals surface area contributed by atoms with E-state index in [0.29, 0.717) is 0 Å². The van der Waals surface area contributed by atoms with Gasteiger partial charge in [0, 0.05) is 12.1 Å². The van der Waals surface area contributed by atoms with Crippen molar-refractivity contribution in [1.82, 2.24) is 9.44 Å². The van der Waals surface area contributed by atoms with E-state index in [0.717, 1.165) is 0 Å². The summed E-state index contributed by atoms with van der Waals surface area (Å²) >= 11 is 0. The van der Waals surface area contributed by atoms with E-state index in [-0.39, 0.29) is 16.3 Å². The van der Waals surface area contributed by atoms with Crippen molar-refractivity contribution < 1.29 is 16.8 Å². The predicted molar refractivity (Wildman–Crippen MR) is 76.1 cm³/mol. The average Bonchev–Trinajstić information content (AvgIpc) is 2.38. The third-order valence-electron chi connectivity index (χ3n) is 2.63. The number of nitrogens with two attached hydrogens (primary N) is 1. The van der Waals surface area contributed by atoms with Crippen LogP contribution in [0.15, 0.2) is 34.1 Å². The second kappa shape index (κ2) is 5.78. The van der Waals surface area contributed by atoms with Crippen LogP contribution in [0.25, 0.3) is 0 Å². The van der Waals surface area contributed by atoms with Crippen LogP contribution in [-0.2, 0) is 20.0 Å². The molecule has 4 N–H and O–H groups in total. The van der Waals surface area contributed by atoms with Crippen molar-refractivity contribution in [2.24, 2.45) is 5.73 Å². The predicted octanol–water partition coefficient (Wildman–Crippen LogP) is -0.390. The summed E-state index contributed by atoms with van der Waals surface area (Å²) in [5.41, 5.74) is 4.69. The summed E-state index contributed by atoms with van der Waals surface area (Å²) in [6, 6.07) is 4.93. The molecule has 0 unspecified atom stereocenters. The minimum absolute atomic E-state index is 0.00275. The van der Waals surface area contributed by atoms with E-state index in [9.17, 15) is 16.8 Å². The van der Waals surface area contributed by atoms with Gasteiger partial charge < -0.3 is 5.73 Å². The van der Waals surface area contributed by atoms with Crippen LogP contribution in [0.2, 0.25) is 0 Å². The third kappa shape index (κ3) is 4.00. The fourth-order valence-corrected chi connectivity index (χ4v) is 3.53. The van der Waals surface area contributed by atoms with E-state index in [4.69, 9.17) is 5.73 Å². The molecule has 1 aromatic carbocycles. The van der Waals surface area contributed by atoms with Gasteiger partial charge in [0.2, 0.25) is 20.0 Å². The highest BCUT2D eigenvalue weighted by Gasteiger charge is 2.25. The second-order valence-corrected chi connectivity index (χ2v) is 8.44. The van der Waals surface area contributed by atoms with Crippen LogP contribution in [0.5, 0.6) is 0 Å². The summed E-state index contributed by atoms with van der Waals surface area (Å²) in [7, 11) is -6.05. The van der Waals surface area contributed by atoms with Crippen molar-refractivity contribution in [2.75, 3.05) is 13.6 Å². The summed E-state index contributed by atoms with van der Waals surface area (Å²) in [6.45, 7) is 3.45. The van der Waals surface area contributed by atoms with Crippen molar-refractivity contribution in [3.63, 3.8) is 0 Å². The first-order chi connectivity index (χ1) is 9.04. The van der Waals surface area contributed by atoms with Crippen molar-refractivity contribution in [1.29, 1.82) is 0 Å². The zero-order valence-corrected chi connectivity index (χ0v) is 13.2. The Morgan fingerprint density at radius 3 is 1.75 bits per heavy atom. The molecule has 0 aliphatic rings. The van der Waals surface area contributed by atoms with Crippen molar-refractivity contribution >= 4 is 20.0 Å². The Morgan fingerprint density at radius 2 is 1.40 bits per heavy atom. The number of nitrogens with one attached hydrogen (secondary N) is 2. The van der Waals surface area contributed by atoms with Gasteiger partial charge in [0.05, 0.1) is 9.79 Å². The molecule has 1 aromatic rings. The Morgan fingerprint density at radius 1 is 1.00 bits per heavy atom. The summed E-state index contributed by atoms with van der Waals surface area (Å²) in [5.74, 6) is 0. The Hall–Kier alpha value is -1.00. The summed E-state index contributed by atoms with van der Waals surface area (Å²) in [4.78, 5) is -0.0221. The molecule has 1 rings (SSSR count). The Bertz CT molecular complexity index is 664. The smallest absolute Gasteiger partial charge is 0.241 e. The van der Waals surface area contributed by atoms with Crippen LogP contribution in [0.4, 0.5) is 0 Å². The average molecular weight is 321 g/mol. The van der Waals surface area contributed by atoms with Gasteiger partial charge in [0.15, 0.2) is 0 Å². The molecule has 0 amide bonds. The Labute approximate surface area is 119 Å². The van der Waals surface area contributed by atoms with Gasteiger partial charge in [-0.15, -0.1) is 0 Å². The third-order valence-corrected chi connectivity index (χ3v) is 5.78. The lowest BCUT2D eigenvalue weighted by atomic mass is 10.1. The van der Waals surface area contributed by atoms with Crippen molar-refractivity contribution in [3.8, 4) is 0 Å². The first-order valence-electron chi connectivity index (χ1n) is 5.82. The standard InChI is InChI=1S/C11H19N3O4S2/c1-11(2,8-12)14-20(17,18)10-6-4-9(5-7-10)19(15,16)13-3/h4-7,13-14H,8,12H2,1-3H3. The molecule has 0 atom stereocenters. The van der Waals surface area contributed by atoms with Crippen LogP contribution in [-0.4, -0.2) is 36.0 Å². The largest absolute Gasteiger partial charge is 0.329 e. The maximum Gasteiger partial charge on any atom is 0.241 e. The van der Waals surface area contributed by atoms with Gasteiger partial charge in [-0.1, -0.05) is 0 Å². The lowest BCUT2D eigenvalue weighted by Crippen LogP contribution is -2.48. The van der Waals surface area contributed by atoms with Gasteiger partial charge in [-0.05, 0) is 45.2 Å². The molecule has 0 aliphatic heterocycles. The molecule has 0 heterocycles. The molecule has 0 saturated heterocycles. The summed E-state index contributed by atoms with van der Waals surface area (Å²) in [6.07, 6.45) is 0. The zero-order valence-electron chi connectivity index (χ0n) is 11.5. The first kappa shape index (κ1) is 17.1. The lowest BCUT2D eigenvalue weighted by Gasteiger charge is -2.23. The molecule has 7 nitrogen and oxygen atoms in total. The molecule has 0 aromatic heterocycles. The molecule has 114 valence electrons.